The molecule has 0 saturated carbocycles. The number of rotatable bonds is 0. The molecule has 1 aliphatic carbocycles. The number of halogens is 3. The normalized spacial score (nSPS) is 14.2. The molecule has 0 fully saturated rings. The number of carbonyl (C=O) groups is 1. The fraction of sp³-hybridized carbons (Fsp3) is 0.533. The summed E-state index contributed by atoms with van der Waals surface area (Å²) in [6.45, 7) is 11.0. The molecule has 1 N–H and O–H groups in total. The van der Waals surface area contributed by atoms with Crippen LogP contribution in [0.4, 0.5) is 13.2 Å². The smallest absolute Gasteiger partial charge is 0.475 e. The van der Waals surface area contributed by atoms with Gasteiger partial charge in [0.25, 0.3) is 0 Å². The van der Waals surface area contributed by atoms with Crippen LogP contribution in [-0.4, -0.2) is 34.0 Å². The molecule has 23 heavy (non-hydrogen) atoms. The van der Waals surface area contributed by atoms with Gasteiger partial charge in [0.15, 0.2) is 0 Å². The van der Waals surface area contributed by atoms with Crippen molar-refractivity contribution in [3.05, 3.63) is 35.6 Å². The van der Waals surface area contributed by atoms with Crippen LogP contribution in [0.15, 0.2) is 22.3 Å². The van der Waals surface area contributed by atoms with E-state index >= 15 is 0 Å². The van der Waals surface area contributed by atoms with Gasteiger partial charge in [0.1, 0.15) is 0 Å². The van der Waals surface area contributed by atoms with Gasteiger partial charge in [-0.2, -0.15) is 13.2 Å². The molecule has 1 rings (SSSR count). The molecule has 1 aliphatic rings. The van der Waals surface area contributed by atoms with Crippen LogP contribution in [0.3, 0.4) is 0 Å². The van der Waals surface area contributed by atoms with Crippen LogP contribution < -0.4 is 0 Å². The largest absolute Gasteiger partial charge is 0.490 e. The molecule has 2 radical (unpaired) electrons. The summed E-state index contributed by atoms with van der Waals surface area (Å²) in [5.74, 6) is -1.29. The molecular weight excluding hydrogens is 509 g/mol. The summed E-state index contributed by atoms with van der Waals surface area (Å²) in [6.07, 6.45) is -1.81. The van der Waals surface area contributed by atoms with E-state index in [0.29, 0.717) is 0 Å². The Labute approximate surface area is 153 Å². The molecule has 140 valence electrons. The Morgan fingerprint density at radius 3 is 1.13 bits per heavy atom. The van der Waals surface area contributed by atoms with E-state index in [2.05, 4.69) is 34.6 Å². The van der Waals surface area contributed by atoms with Gasteiger partial charge in [-0.1, -0.05) is 18.1 Å². The predicted molar refractivity (Wildman–Crippen MR) is 85.8 cm³/mol. The van der Waals surface area contributed by atoms with Crippen molar-refractivity contribution in [2.45, 2.75) is 40.8 Å². The van der Waals surface area contributed by atoms with Gasteiger partial charge in [-0.25, -0.2) is 4.79 Å². The van der Waals surface area contributed by atoms with Crippen molar-refractivity contribution in [2.24, 2.45) is 0 Å². The fourth-order valence-corrected chi connectivity index (χ4v) is 1.41. The van der Waals surface area contributed by atoms with Crippen LogP contribution in [0.25, 0.3) is 0 Å². The molecule has 0 aromatic heterocycles. The average molecular weight is 535 g/mol. The van der Waals surface area contributed by atoms with Crippen LogP contribution in [-0.2, 0) is 35.7 Å². The number of carboxylic acid groups (broad SMARTS) is 1. The third-order valence-corrected chi connectivity index (χ3v) is 3.06. The minimum Gasteiger partial charge on any atom is -0.475 e. The molecule has 0 saturated heterocycles. The molecule has 0 spiro atoms. The van der Waals surface area contributed by atoms with Gasteiger partial charge in [-0.15, -0.1) is 0 Å². The average Bonchev–Trinajstić information content (AvgIpc) is 2.46. The van der Waals surface area contributed by atoms with E-state index in [9.17, 15) is 17.4 Å². The second-order valence-corrected chi connectivity index (χ2v) is 6.15. The molecule has 8 heteroatoms. The van der Waals surface area contributed by atoms with Gasteiger partial charge in [-0.3, -0.25) is 4.21 Å². The third-order valence-electron chi connectivity index (χ3n) is 3.06. The summed E-state index contributed by atoms with van der Waals surface area (Å²) >= 11 is 0. The summed E-state index contributed by atoms with van der Waals surface area (Å²) in [7, 11) is -0.611. The number of hydrogen-bond donors (Lipinski definition) is 1. The van der Waals surface area contributed by atoms with Crippen molar-refractivity contribution in [3.63, 3.8) is 0 Å². The zero-order chi connectivity index (χ0) is 17.5. The monoisotopic (exact) mass is 535 g/mol. The Balaban J connectivity index is -0.000000124. The Morgan fingerprint density at radius 2 is 1.09 bits per heavy atom. The molecular formula is C15H25F3IrO3S-. The van der Waals surface area contributed by atoms with Crippen molar-refractivity contribution in [1.82, 2.24) is 0 Å². The first-order valence-electron chi connectivity index (χ1n) is 5.98. The molecule has 3 nitrogen and oxygen atoms in total. The topological polar surface area (TPSA) is 54.4 Å². The van der Waals surface area contributed by atoms with Gasteiger partial charge in [0.2, 0.25) is 0 Å². The van der Waals surface area contributed by atoms with Crippen molar-refractivity contribution in [1.29, 1.82) is 0 Å². The van der Waals surface area contributed by atoms with Crippen LogP contribution in [0.2, 0.25) is 0 Å². The van der Waals surface area contributed by atoms with E-state index in [0.717, 1.165) is 0 Å². The first-order chi connectivity index (χ1) is 9.23. The molecule has 0 unspecified atom stereocenters. The summed E-state index contributed by atoms with van der Waals surface area (Å²) in [5, 5.41) is 7.12. The zero-order valence-electron chi connectivity index (χ0n) is 14.6. The Morgan fingerprint density at radius 1 is 0.913 bits per heavy atom. The maximum atomic E-state index is 10.6. The van der Waals surface area contributed by atoms with Crippen molar-refractivity contribution in [2.75, 3.05) is 12.5 Å². The number of alkyl halides is 3. The summed E-state index contributed by atoms with van der Waals surface area (Å²) < 4.78 is 41.3. The molecule has 0 aliphatic heterocycles. The number of aliphatic carboxylic acids is 1. The molecule has 0 aromatic carbocycles. The van der Waals surface area contributed by atoms with Gasteiger partial charge < -0.3 is 12.5 Å². The van der Waals surface area contributed by atoms with Gasteiger partial charge in [-0.05, 0) is 38.8 Å². The number of hydrogen-bond acceptors (Lipinski definition) is 2. The SMILES string of the molecule is CS(C)=O.C[C]1C(C)=C(C)C(C)=C1C.O=C(O)C(F)(F)F.[CH3-].[Ir]. The van der Waals surface area contributed by atoms with Crippen LogP contribution >= 0.6 is 0 Å². The number of carboxylic acids is 1. The molecule has 0 amide bonds. The van der Waals surface area contributed by atoms with E-state index in [-0.39, 0.29) is 27.5 Å². The maximum Gasteiger partial charge on any atom is 0.490 e. The maximum absolute atomic E-state index is 10.6. The third kappa shape index (κ3) is 12.6. The summed E-state index contributed by atoms with van der Waals surface area (Å²) in [4.78, 5) is 8.90. The molecule has 0 aromatic rings. The van der Waals surface area contributed by atoms with Gasteiger partial charge >= 0.3 is 12.1 Å². The van der Waals surface area contributed by atoms with E-state index in [1.165, 1.54) is 28.2 Å². The minimum atomic E-state index is -5.08. The van der Waals surface area contributed by atoms with E-state index < -0.39 is 22.9 Å². The molecule has 0 heterocycles. The van der Waals surface area contributed by atoms with Crippen molar-refractivity contribution in [3.8, 4) is 0 Å². The van der Waals surface area contributed by atoms with E-state index in [1.54, 1.807) is 12.5 Å². The van der Waals surface area contributed by atoms with Crippen LogP contribution in [0.5, 0.6) is 0 Å². The Kier molecular flexibility index (Phi) is 17.1. The number of allylic oxidation sites excluding steroid dienone is 4. The fourth-order valence-electron chi connectivity index (χ4n) is 1.41. The second kappa shape index (κ2) is 12.9. The Bertz CT molecular complexity index is 441. The summed E-state index contributed by atoms with van der Waals surface area (Å²) in [5.41, 5.74) is 5.87. The van der Waals surface area contributed by atoms with Gasteiger partial charge in [0, 0.05) is 49.3 Å². The van der Waals surface area contributed by atoms with Crippen molar-refractivity contribution >= 4 is 16.8 Å². The zero-order valence-corrected chi connectivity index (χ0v) is 17.9. The summed E-state index contributed by atoms with van der Waals surface area (Å²) in [6, 6.07) is 0. The van der Waals surface area contributed by atoms with Crippen LogP contribution in [0.1, 0.15) is 34.6 Å². The van der Waals surface area contributed by atoms with E-state index in [1.807, 2.05) is 0 Å². The first kappa shape index (κ1) is 30.4. The first-order valence-corrected chi connectivity index (χ1v) is 7.94. The molecule has 0 bridgehead atoms. The quantitative estimate of drug-likeness (QED) is 0.471. The minimum absolute atomic E-state index is 0. The van der Waals surface area contributed by atoms with Crippen LogP contribution in [0, 0.1) is 13.3 Å². The standard InChI is InChI=1S/C10H15.C2HF3O2.C2H6OS.CH3.Ir/c1-6-7(2)9(4)10(5)8(6)3;3-2(4,5)1(6)7;1-4(2)3;;/h1-5H3;(H,6,7);1-2H3;1H3;/q;;;-1;. The predicted octanol–water partition coefficient (Wildman–Crippen LogP) is 4.34. The molecule has 0 atom stereocenters. The van der Waals surface area contributed by atoms with Crippen molar-refractivity contribution < 1.29 is 47.4 Å². The Hall–Kier alpha value is -0.461. The second-order valence-electron chi connectivity index (χ2n) is 4.67. The van der Waals surface area contributed by atoms with Gasteiger partial charge in [0.05, 0.1) is 0 Å². The van der Waals surface area contributed by atoms with E-state index in [4.69, 9.17) is 9.90 Å².